The number of sulfonamides is 2. The first-order valence-corrected chi connectivity index (χ1v) is 27.8. The highest BCUT2D eigenvalue weighted by atomic mass is 32.2. The molecule has 24 heteroatoms. The second-order valence-corrected chi connectivity index (χ2v) is 24.6. The number of nitrogens with two attached hydrogens (primary N) is 1. The summed E-state index contributed by atoms with van der Waals surface area (Å²) in [6.07, 6.45) is 1.79. The van der Waals surface area contributed by atoms with Crippen molar-refractivity contribution in [2.75, 3.05) is 0 Å². The third kappa shape index (κ3) is 15.7. The minimum Gasteiger partial charge on any atom is -0.427 e. The van der Waals surface area contributed by atoms with Crippen molar-refractivity contribution in [2.45, 2.75) is 104 Å². The normalized spacial score (nSPS) is 12.2. The van der Waals surface area contributed by atoms with E-state index in [0.717, 1.165) is 33.4 Å². The molecule has 6 aromatic rings. The summed E-state index contributed by atoms with van der Waals surface area (Å²) in [5.41, 5.74) is 11.2. The minimum atomic E-state index is -4.16. The van der Waals surface area contributed by atoms with E-state index in [2.05, 4.69) is 16.0 Å². The Morgan fingerprint density at radius 2 is 1.00 bits per heavy atom. The van der Waals surface area contributed by atoms with Gasteiger partial charge in [0.25, 0.3) is 43.7 Å². The predicted molar refractivity (Wildman–Crippen MR) is 308 cm³/mol. The molecule has 0 fully saturated rings. The molecule has 0 bridgehead atoms. The molecule has 0 unspecified atom stereocenters. The van der Waals surface area contributed by atoms with Gasteiger partial charge in [0.2, 0.25) is 0 Å². The molecule has 0 aromatic heterocycles. The summed E-state index contributed by atoms with van der Waals surface area (Å²) in [7, 11) is -11.2. The van der Waals surface area contributed by atoms with E-state index in [0.29, 0.717) is 27.3 Å². The largest absolute Gasteiger partial charge is 0.489 e. The molecule has 1 aliphatic heterocycles. The maximum Gasteiger partial charge on any atom is 0.489 e. The first-order chi connectivity index (χ1) is 37.2. The second-order valence-electron chi connectivity index (χ2n) is 21.1. The van der Waals surface area contributed by atoms with Crippen LogP contribution in [0.3, 0.4) is 0 Å². The van der Waals surface area contributed by atoms with Gasteiger partial charge in [0.1, 0.15) is 6.29 Å². The molecule has 8 N–H and O–H groups in total. The zero-order valence-corrected chi connectivity index (χ0v) is 48.2. The third-order valence-electron chi connectivity index (χ3n) is 12.1. The van der Waals surface area contributed by atoms with Gasteiger partial charge in [0, 0.05) is 27.8 Å². The number of aldehydes is 1. The summed E-state index contributed by atoms with van der Waals surface area (Å²) in [4.78, 5) is 65.6. The van der Waals surface area contributed by atoms with Gasteiger partial charge in [-0.3, -0.25) is 40.7 Å². The van der Waals surface area contributed by atoms with Gasteiger partial charge in [-0.2, -0.15) is 14.3 Å². The van der Waals surface area contributed by atoms with Crippen LogP contribution in [-0.2, 0) is 20.0 Å². The van der Waals surface area contributed by atoms with Gasteiger partial charge >= 0.3 is 14.2 Å². The van der Waals surface area contributed by atoms with Gasteiger partial charge in [-0.1, -0.05) is 81.9 Å². The molecule has 0 atom stereocenters. The molecule has 6 aromatic carbocycles. The Morgan fingerprint density at radius 3 is 1.40 bits per heavy atom. The van der Waals surface area contributed by atoms with Crippen molar-refractivity contribution in [3.63, 3.8) is 0 Å². The van der Waals surface area contributed by atoms with Gasteiger partial charge < -0.3 is 15.1 Å². The molecule has 80 heavy (non-hydrogen) atoms. The number of carbonyl (C=O) groups excluding carboxylic acids is 5. The van der Waals surface area contributed by atoms with Crippen LogP contribution in [0.5, 0.6) is 0 Å². The predicted octanol–water partition coefficient (Wildman–Crippen LogP) is 4.45. The van der Waals surface area contributed by atoms with E-state index in [1.165, 1.54) is 70.8 Å². The molecule has 4 amide bonds. The van der Waals surface area contributed by atoms with E-state index in [1.807, 2.05) is 53.7 Å². The number of hydrazine groups is 3. The first kappa shape index (κ1) is 63.0. The monoisotopic (exact) mass is 1130 g/mol. The SMILES string of the molecule is Cc1cc(C)cc(C(=O)N(NC(=O)c2ccc(C=O)c(B(O)O)c2)C(C)(C)C)c1.Cc1ccc(S(=O)(=O)N2N=Cc3ccc(C(=O)NN(C(=O)c4cc(C)cc(C)c4)C(C)(C)C)cc3B2O)cc1.Cc1ccc(S(=O)(=O)NN)cc1. The lowest BCUT2D eigenvalue weighted by Crippen LogP contribution is -2.56. The Balaban J connectivity index is 0.000000250. The van der Waals surface area contributed by atoms with Crippen molar-refractivity contribution < 1.29 is 55.9 Å². The van der Waals surface area contributed by atoms with Crippen molar-refractivity contribution in [3.05, 3.63) is 188 Å². The van der Waals surface area contributed by atoms with Crippen molar-refractivity contribution in [2.24, 2.45) is 10.9 Å². The molecule has 0 aliphatic carbocycles. The number of benzene rings is 6. The molecular weight excluding hydrogens is 1060 g/mol. The van der Waals surface area contributed by atoms with Gasteiger partial charge in [-0.25, -0.2) is 26.9 Å². The maximum absolute atomic E-state index is 13.4. The van der Waals surface area contributed by atoms with Crippen LogP contribution in [-0.4, -0.2) is 108 Å². The smallest absolute Gasteiger partial charge is 0.427 e. The quantitative estimate of drug-likeness (QED) is 0.0432. The van der Waals surface area contributed by atoms with E-state index in [1.54, 1.807) is 101 Å². The Morgan fingerprint density at radius 1 is 0.588 bits per heavy atom. The lowest BCUT2D eigenvalue weighted by molar-refractivity contribution is 0.0357. The fraction of sp³-hybridized carbons (Fsp3) is 0.250. The van der Waals surface area contributed by atoms with Gasteiger partial charge in [0.15, 0.2) is 0 Å². The van der Waals surface area contributed by atoms with Crippen LogP contribution in [0, 0.1) is 41.5 Å². The summed E-state index contributed by atoms with van der Waals surface area (Å²) in [6, 6.07) is 32.0. The van der Waals surface area contributed by atoms with E-state index < -0.39 is 57.1 Å². The summed E-state index contributed by atoms with van der Waals surface area (Å²) in [6.45, 7) is 22.0. The lowest BCUT2D eigenvalue weighted by atomic mass is 9.71. The van der Waals surface area contributed by atoms with E-state index >= 15 is 0 Å². The van der Waals surface area contributed by atoms with Crippen molar-refractivity contribution >= 4 is 81.3 Å². The van der Waals surface area contributed by atoms with Crippen LogP contribution in [0.4, 0.5) is 0 Å². The van der Waals surface area contributed by atoms with Crippen molar-refractivity contribution in [1.29, 1.82) is 0 Å². The number of nitrogens with one attached hydrogen (secondary N) is 3. The Hall–Kier alpha value is -7.83. The molecule has 7 rings (SSSR count). The third-order valence-corrected chi connectivity index (χ3v) is 14.9. The number of fused-ring (bicyclic) bond motifs is 1. The lowest BCUT2D eigenvalue weighted by Gasteiger charge is -2.35. The highest BCUT2D eigenvalue weighted by molar-refractivity contribution is 7.90. The molecule has 1 heterocycles. The van der Waals surface area contributed by atoms with Gasteiger partial charge in [0.05, 0.1) is 27.1 Å². The molecule has 0 radical (unpaired) electrons. The summed E-state index contributed by atoms with van der Waals surface area (Å²) in [5.74, 6) is 2.89. The van der Waals surface area contributed by atoms with Crippen molar-refractivity contribution in [3.8, 4) is 0 Å². The molecule has 20 nitrogen and oxygen atoms in total. The summed E-state index contributed by atoms with van der Waals surface area (Å²) >= 11 is 0. The molecule has 0 saturated heterocycles. The molecule has 420 valence electrons. The molecule has 0 saturated carbocycles. The number of amides is 4. The first-order valence-electron chi connectivity index (χ1n) is 24.9. The van der Waals surface area contributed by atoms with Crippen LogP contribution in [0.25, 0.3) is 0 Å². The number of carbonyl (C=O) groups is 5. The molecule has 1 aliphatic rings. The number of rotatable bonds is 10. The highest BCUT2D eigenvalue weighted by Gasteiger charge is 2.39. The highest BCUT2D eigenvalue weighted by Crippen LogP contribution is 2.23. The summed E-state index contributed by atoms with van der Waals surface area (Å²) < 4.78 is 49.1. The van der Waals surface area contributed by atoms with Gasteiger partial charge in [-0.05, 0) is 172 Å². The Labute approximate surface area is 468 Å². The van der Waals surface area contributed by atoms with E-state index in [9.17, 15) is 55.9 Å². The molecular formula is C56H66B2N8O12S2. The number of hydrazone groups is 1. The van der Waals surface area contributed by atoms with Gasteiger partial charge in [-0.15, -0.1) is 0 Å². The van der Waals surface area contributed by atoms with E-state index in [-0.39, 0.29) is 49.2 Å². The van der Waals surface area contributed by atoms with Crippen LogP contribution >= 0.6 is 0 Å². The number of nitrogens with zero attached hydrogens (tertiary/aromatic N) is 4. The minimum absolute atomic E-state index is 0.0210. The summed E-state index contributed by atoms with van der Waals surface area (Å²) in [5, 5.41) is 36.4. The Kier molecular flexibility index (Phi) is 20.1. The topological polar surface area (TPSA) is 299 Å². The number of hydrogen-bond acceptors (Lipinski definition) is 14. The van der Waals surface area contributed by atoms with Crippen LogP contribution < -0.4 is 32.5 Å². The van der Waals surface area contributed by atoms with Crippen LogP contribution in [0.2, 0.25) is 0 Å². The Bertz CT molecular complexity index is 3530. The average Bonchev–Trinajstić information content (AvgIpc) is 3.38. The zero-order chi connectivity index (χ0) is 59.8. The van der Waals surface area contributed by atoms with Crippen LogP contribution in [0.15, 0.2) is 136 Å². The average molecular weight is 1130 g/mol. The van der Waals surface area contributed by atoms with E-state index in [4.69, 9.17) is 5.84 Å². The second kappa shape index (κ2) is 25.5. The van der Waals surface area contributed by atoms with Crippen molar-refractivity contribution in [1.82, 2.24) is 30.0 Å². The fourth-order valence-electron chi connectivity index (χ4n) is 8.04. The zero-order valence-electron chi connectivity index (χ0n) is 46.6. The standard InChI is InChI=1S/C28H31BN4O5S.C21H25BN2O5.C7H10N2O2S/c1-18-7-11-24(12-8-18)39(37,38)33-29(36)25-16-21(9-10-22(25)17-30-33)26(34)31-32(28(4,5)6)27(35)23-14-19(2)13-20(3)15-23;1-13-8-14(2)10-17(9-13)20(27)24(21(3,4)5)23-19(26)15-6-7-16(12-25)18(11-15)22(28)29;1-6-2-4-7(5-3-6)12(10,11)9-8/h7-17,36H,1-6H3,(H,31,34);6-12,28-29H,1-5H3,(H,23,26);2-5,9H,8H2,1H3. The number of hydrogen-bond donors (Lipinski definition) is 7. The number of aryl methyl sites for hydroxylation is 6. The fourth-order valence-corrected chi connectivity index (χ4v) is 9.91. The molecule has 0 spiro atoms. The maximum atomic E-state index is 13.4. The van der Waals surface area contributed by atoms with Crippen LogP contribution in [0.1, 0.15) is 132 Å².